The largest absolute Gasteiger partial charge is 0.466 e. The fraction of sp³-hybridized carbons (Fsp3) is 0.450. The number of aliphatic hydroxyl groups is 1. The molecule has 0 spiro atoms. The summed E-state index contributed by atoms with van der Waals surface area (Å²) in [5.41, 5.74) is 0.346. The fourth-order valence-corrected chi connectivity index (χ4v) is 2.47. The second kappa shape index (κ2) is 10.3. The van der Waals surface area contributed by atoms with E-state index in [1.807, 2.05) is 6.92 Å². The molecule has 160 valence electrons. The van der Waals surface area contributed by atoms with Crippen LogP contribution in [-0.2, 0) is 23.5 Å². The van der Waals surface area contributed by atoms with Crippen LogP contribution >= 0.6 is 0 Å². The Hall–Kier alpha value is -2.52. The maximum Gasteiger partial charge on any atom is 0.411 e. The van der Waals surface area contributed by atoms with Gasteiger partial charge in [-0.3, -0.25) is 0 Å². The summed E-state index contributed by atoms with van der Waals surface area (Å²) in [6.07, 6.45) is -2.83. The Balaban J connectivity index is 1.89. The van der Waals surface area contributed by atoms with Crippen molar-refractivity contribution in [2.75, 3.05) is 19.7 Å². The van der Waals surface area contributed by atoms with E-state index >= 15 is 0 Å². The van der Waals surface area contributed by atoms with Crippen molar-refractivity contribution in [1.82, 2.24) is 10.6 Å². The lowest BCUT2D eigenvalue weighted by Gasteiger charge is -2.22. The van der Waals surface area contributed by atoms with Gasteiger partial charge in [-0.05, 0) is 37.1 Å². The van der Waals surface area contributed by atoms with Crippen LogP contribution in [0.2, 0.25) is 0 Å². The van der Waals surface area contributed by atoms with Crippen LogP contribution < -0.4 is 10.6 Å². The predicted molar refractivity (Wildman–Crippen MR) is 103 cm³/mol. The highest BCUT2D eigenvalue weighted by molar-refractivity contribution is 5.79. The molecule has 0 fully saturated rings. The first-order valence-corrected chi connectivity index (χ1v) is 9.20. The van der Waals surface area contributed by atoms with E-state index in [2.05, 4.69) is 20.4 Å². The summed E-state index contributed by atoms with van der Waals surface area (Å²) < 4.78 is 46.2. The number of halogens is 3. The van der Waals surface area contributed by atoms with Gasteiger partial charge in [-0.25, -0.2) is 4.99 Å². The summed E-state index contributed by atoms with van der Waals surface area (Å²) in [6.45, 7) is 3.40. The first-order chi connectivity index (χ1) is 13.7. The zero-order chi connectivity index (χ0) is 21.3. The van der Waals surface area contributed by atoms with Crippen LogP contribution in [0.25, 0.3) is 0 Å². The van der Waals surface area contributed by atoms with Gasteiger partial charge in [0.25, 0.3) is 0 Å². The zero-order valence-electron chi connectivity index (χ0n) is 16.4. The zero-order valence-corrected chi connectivity index (χ0v) is 16.4. The number of hydrogen-bond donors (Lipinski definition) is 3. The smallest absolute Gasteiger partial charge is 0.411 e. The molecule has 6 nitrogen and oxygen atoms in total. The second-order valence-electron chi connectivity index (χ2n) is 6.72. The number of hydrogen-bond acceptors (Lipinski definition) is 4. The van der Waals surface area contributed by atoms with E-state index < -0.39 is 18.4 Å². The van der Waals surface area contributed by atoms with Crippen LogP contribution in [0.1, 0.15) is 30.7 Å². The molecule has 9 heteroatoms. The molecule has 1 aromatic heterocycles. The molecular weight excluding hydrogens is 387 g/mol. The van der Waals surface area contributed by atoms with Gasteiger partial charge in [-0.15, -0.1) is 0 Å². The average Bonchev–Trinajstić information content (AvgIpc) is 3.20. The average molecular weight is 413 g/mol. The van der Waals surface area contributed by atoms with E-state index in [1.165, 1.54) is 6.26 Å². The van der Waals surface area contributed by atoms with Gasteiger partial charge in [0, 0.05) is 6.54 Å². The Kier molecular flexibility index (Phi) is 8.10. The monoisotopic (exact) mass is 413 g/mol. The molecule has 1 heterocycles. The van der Waals surface area contributed by atoms with Gasteiger partial charge in [-0.2, -0.15) is 13.2 Å². The van der Waals surface area contributed by atoms with Gasteiger partial charge in [0.05, 0.1) is 26.0 Å². The van der Waals surface area contributed by atoms with Crippen molar-refractivity contribution in [3.8, 4) is 0 Å². The molecule has 2 rings (SSSR count). The Labute approximate surface area is 167 Å². The minimum Gasteiger partial charge on any atom is -0.466 e. The highest BCUT2D eigenvalue weighted by Crippen LogP contribution is 2.19. The van der Waals surface area contributed by atoms with E-state index in [0.717, 1.165) is 5.56 Å². The minimum atomic E-state index is -4.33. The van der Waals surface area contributed by atoms with Crippen molar-refractivity contribution in [1.29, 1.82) is 0 Å². The summed E-state index contributed by atoms with van der Waals surface area (Å²) in [5.74, 6) is 0.973. The van der Waals surface area contributed by atoms with Crippen molar-refractivity contribution in [3.63, 3.8) is 0 Å². The maximum atomic E-state index is 12.1. The van der Waals surface area contributed by atoms with Crippen LogP contribution in [0.4, 0.5) is 13.2 Å². The number of nitrogens with one attached hydrogen (secondary N) is 2. The van der Waals surface area contributed by atoms with Crippen LogP contribution in [0.5, 0.6) is 0 Å². The van der Waals surface area contributed by atoms with Crippen LogP contribution in [-0.4, -0.2) is 36.9 Å². The van der Waals surface area contributed by atoms with Crippen molar-refractivity contribution >= 4 is 5.96 Å². The number of aliphatic imine (C=N–C) groups is 1. The molecule has 0 saturated carbocycles. The van der Waals surface area contributed by atoms with E-state index in [0.29, 0.717) is 30.4 Å². The molecule has 3 N–H and O–H groups in total. The van der Waals surface area contributed by atoms with Crippen molar-refractivity contribution in [2.45, 2.75) is 38.8 Å². The van der Waals surface area contributed by atoms with Gasteiger partial charge in [0.1, 0.15) is 18.0 Å². The lowest BCUT2D eigenvalue weighted by molar-refractivity contribution is -0.176. The van der Waals surface area contributed by atoms with Crippen LogP contribution in [0.3, 0.4) is 0 Å². The number of rotatable bonds is 9. The van der Waals surface area contributed by atoms with Gasteiger partial charge in [0.15, 0.2) is 5.96 Å². The van der Waals surface area contributed by atoms with Gasteiger partial charge < -0.3 is 24.9 Å². The van der Waals surface area contributed by atoms with Gasteiger partial charge in [-0.1, -0.05) is 24.3 Å². The standard InChI is InChI=1S/C20H26F3N3O3/c1-3-24-18(26-13-19(2,27)17-5-4-10-29-17)25-11-15-6-8-16(9-7-15)12-28-14-20(21,22)23/h4-10,27H,3,11-14H2,1-2H3,(H2,24,25,26). The molecule has 1 atom stereocenters. The Morgan fingerprint density at radius 3 is 2.41 bits per heavy atom. The van der Waals surface area contributed by atoms with Gasteiger partial charge >= 0.3 is 6.18 Å². The number of benzene rings is 1. The molecule has 1 aromatic carbocycles. The molecular formula is C20H26F3N3O3. The predicted octanol–water partition coefficient (Wildman–Crippen LogP) is 3.32. The Morgan fingerprint density at radius 2 is 1.83 bits per heavy atom. The van der Waals surface area contributed by atoms with E-state index in [4.69, 9.17) is 4.42 Å². The van der Waals surface area contributed by atoms with Crippen molar-refractivity contribution in [2.24, 2.45) is 4.99 Å². The lowest BCUT2D eigenvalue weighted by Crippen LogP contribution is -2.44. The summed E-state index contributed by atoms with van der Waals surface area (Å²) in [6, 6.07) is 10.4. The maximum absolute atomic E-state index is 12.1. The molecule has 0 saturated heterocycles. The lowest BCUT2D eigenvalue weighted by atomic mass is 10.0. The third-order valence-corrected chi connectivity index (χ3v) is 3.97. The van der Waals surface area contributed by atoms with Crippen molar-refractivity contribution < 1.29 is 27.4 Å². The Morgan fingerprint density at radius 1 is 1.14 bits per heavy atom. The summed E-state index contributed by atoms with van der Waals surface area (Å²) >= 11 is 0. The minimum absolute atomic E-state index is 0.102. The first kappa shape index (κ1) is 22.8. The van der Waals surface area contributed by atoms with Crippen LogP contribution in [0, 0.1) is 0 Å². The molecule has 0 aliphatic rings. The number of alkyl halides is 3. The summed E-state index contributed by atoms with van der Waals surface area (Å²) in [4.78, 5) is 4.46. The molecule has 2 aromatic rings. The van der Waals surface area contributed by atoms with E-state index in [-0.39, 0.29) is 13.2 Å². The highest BCUT2D eigenvalue weighted by atomic mass is 19.4. The number of furan rings is 1. The highest BCUT2D eigenvalue weighted by Gasteiger charge is 2.27. The molecule has 0 amide bonds. The molecule has 0 aliphatic heterocycles. The number of guanidine groups is 1. The third kappa shape index (κ3) is 8.16. The first-order valence-electron chi connectivity index (χ1n) is 9.20. The van der Waals surface area contributed by atoms with Crippen molar-refractivity contribution in [3.05, 3.63) is 59.5 Å². The molecule has 1 unspecified atom stereocenters. The normalized spacial score (nSPS) is 14.5. The summed E-state index contributed by atoms with van der Waals surface area (Å²) in [7, 11) is 0. The SMILES string of the molecule is CCNC(=NCc1ccc(COCC(F)(F)F)cc1)NCC(C)(O)c1ccco1. The second-order valence-corrected chi connectivity index (χ2v) is 6.72. The fourth-order valence-electron chi connectivity index (χ4n) is 2.47. The van der Waals surface area contributed by atoms with E-state index in [9.17, 15) is 18.3 Å². The molecule has 0 aliphatic carbocycles. The summed E-state index contributed by atoms with van der Waals surface area (Å²) in [5, 5.41) is 16.7. The van der Waals surface area contributed by atoms with Gasteiger partial charge in [0.2, 0.25) is 0 Å². The molecule has 29 heavy (non-hydrogen) atoms. The van der Waals surface area contributed by atoms with Crippen LogP contribution in [0.15, 0.2) is 52.1 Å². The Bertz CT molecular complexity index is 758. The molecule has 0 radical (unpaired) electrons. The number of nitrogens with zero attached hydrogens (tertiary/aromatic N) is 1. The number of ether oxygens (including phenoxy) is 1. The van der Waals surface area contributed by atoms with E-state index in [1.54, 1.807) is 43.3 Å². The topological polar surface area (TPSA) is 79.0 Å². The molecule has 0 bridgehead atoms. The quantitative estimate of drug-likeness (QED) is 0.434. The third-order valence-electron chi connectivity index (χ3n) is 3.97.